The van der Waals surface area contributed by atoms with Crippen molar-refractivity contribution in [1.29, 1.82) is 0 Å². The molecule has 3 heterocycles. The van der Waals surface area contributed by atoms with E-state index in [1.165, 1.54) is 34.5 Å². The van der Waals surface area contributed by atoms with Crippen molar-refractivity contribution in [3.05, 3.63) is 55.0 Å². The minimum Gasteiger partial charge on any atom is -0.417 e. The highest BCUT2D eigenvalue weighted by molar-refractivity contribution is 5.90. The highest BCUT2D eigenvalue weighted by atomic mass is 19.1. The van der Waals surface area contributed by atoms with Crippen LogP contribution in [0.4, 0.5) is 14.9 Å². The number of hydrogen-bond acceptors (Lipinski definition) is 6. The molecule has 1 fully saturated rings. The first-order chi connectivity index (χ1) is 12.5. The van der Waals surface area contributed by atoms with Crippen molar-refractivity contribution in [3.8, 4) is 16.9 Å². The lowest BCUT2D eigenvalue weighted by Crippen LogP contribution is -2.33. The smallest absolute Gasteiger partial charge is 0.417 e. The molecule has 1 unspecified atom stereocenters. The van der Waals surface area contributed by atoms with Crippen LogP contribution in [0.1, 0.15) is 6.92 Å². The molecule has 1 N–H and O–H groups in total. The van der Waals surface area contributed by atoms with Crippen molar-refractivity contribution >= 4 is 11.8 Å². The maximum absolute atomic E-state index is 14.6. The molecule has 2 atom stereocenters. The van der Waals surface area contributed by atoms with E-state index in [4.69, 9.17) is 4.74 Å². The van der Waals surface area contributed by atoms with Crippen LogP contribution in [-0.4, -0.2) is 43.3 Å². The van der Waals surface area contributed by atoms with Gasteiger partial charge < -0.3 is 9.84 Å². The number of nitrogens with zero attached hydrogens (tertiary/aromatic N) is 5. The summed E-state index contributed by atoms with van der Waals surface area (Å²) in [4.78, 5) is 21.1. The van der Waals surface area contributed by atoms with Crippen LogP contribution in [0.15, 0.2) is 49.2 Å². The van der Waals surface area contributed by atoms with Gasteiger partial charge in [-0.15, -0.1) is 0 Å². The molecule has 9 heteroatoms. The predicted octanol–water partition coefficient (Wildman–Crippen LogP) is 2.13. The summed E-state index contributed by atoms with van der Waals surface area (Å²) in [6, 6.07) is 7.21. The average molecular weight is 355 g/mol. The van der Waals surface area contributed by atoms with E-state index in [0.717, 1.165) is 0 Å². The number of cyclic esters (lactones) is 1. The lowest BCUT2D eigenvalue weighted by Gasteiger charge is -2.19. The van der Waals surface area contributed by atoms with Crippen LogP contribution >= 0.6 is 0 Å². The van der Waals surface area contributed by atoms with Gasteiger partial charge >= 0.3 is 6.09 Å². The lowest BCUT2D eigenvalue weighted by atomic mass is 10.1. The van der Waals surface area contributed by atoms with E-state index in [1.54, 1.807) is 31.2 Å². The first kappa shape index (κ1) is 16.2. The number of benzene rings is 1. The third kappa shape index (κ3) is 2.68. The van der Waals surface area contributed by atoms with Crippen molar-refractivity contribution in [2.24, 2.45) is 0 Å². The van der Waals surface area contributed by atoms with E-state index in [0.29, 0.717) is 22.6 Å². The van der Waals surface area contributed by atoms with Crippen molar-refractivity contribution in [2.75, 3.05) is 4.90 Å². The molecule has 1 aliphatic heterocycles. The molecule has 1 amide bonds. The number of carbonyl (C=O) groups excluding carboxylic acids is 1. The zero-order valence-electron chi connectivity index (χ0n) is 13.7. The van der Waals surface area contributed by atoms with Gasteiger partial charge in [0.05, 0.1) is 11.7 Å². The van der Waals surface area contributed by atoms with Crippen molar-refractivity contribution in [2.45, 2.75) is 19.3 Å². The van der Waals surface area contributed by atoms with E-state index in [2.05, 4.69) is 15.1 Å². The summed E-state index contributed by atoms with van der Waals surface area (Å²) in [6.07, 6.45) is 2.50. The molecule has 3 aromatic rings. The van der Waals surface area contributed by atoms with E-state index < -0.39 is 24.2 Å². The standard InChI is InChI=1S/C17H14FN5O3/c1-10-16(24)26-17(25)23(10)12-3-4-13(14(18)6-12)11-2-5-15(20-7-11)22-9-19-8-21-22/h2-10,16,24H,1H3/t10-,16?/m1/s1. The number of rotatable bonds is 3. The zero-order chi connectivity index (χ0) is 18.3. The van der Waals surface area contributed by atoms with E-state index in [1.807, 2.05) is 0 Å². The lowest BCUT2D eigenvalue weighted by molar-refractivity contribution is -0.0312. The molecule has 0 radical (unpaired) electrons. The van der Waals surface area contributed by atoms with Crippen LogP contribution in [0.5, 0.6) is 0 Å². The van der Waals surface area contributed by atoms with Gasteiger partial charge in [0, 0.05) is 17.3 Å². The van der Waals surface area contributed by atoms with E-state index >= 15 is 0 Å². The molecule has 8 nitrogen and oxygen atoms in total. The Balaban J connectivity index is 1.63. The van der Waals surface area contributed by atoms with Crippen molar-refractivity contribution < 1.29 is 19.0 Å². The molecule has 132 valence electrons. The summed E-state index contributed by atoms with van der Waals surface area (Å²) in [5.41, 5.74) is 1.23. The fourth-order valence-corrected chi connectivity index (χ4v) is 2.79. The SMILES string of the molecule is C[C@@H]1C(O)OC(=O)N1c1ccc(-c2ccc(-n3cncn3)nc2)c(F)c1. The topological polar surface area (TPSA) is 93.4 Å². The Morgan fingerprint density at radius 3 is 2.69 bits per heavy atom. The molecular weight excluding hydrogens is 341 g/mol. The van der Waals surface area contributed by atoms with Gasteiger partial charge in [0.2, 0.25) is 6.29 Å². The van der Waals surface area contributed by atoms with Crippen LogP contribution < -0.4 is 4.90 Å². The fraction of sp³-hybridized carbons (Fsp3) is 0.176. The molecule has 26 heavy (non-hydrogen) atoms. The second-order valence-electron chi connectivity index (χ2n) is 5.79. The number of aliphatic hydroxyl groups excluding tert-OH is 1. The second kappa shape index (κ2) is 6.19. The first-order valence-corrected chi connectivity index (χ1v) is 7.83. The number of aliphatic hydroxyl groups is 1. The van der Waals surface area contributed by atoms with Crippen LogP contribution in [-0.2, 0) is 4.74 Å². The third-order valence-corrected chi connectivity index (χ3v) is 4.18. The summed E-state index contributed by atoms with van der Waals surface area (Å²) in [7, 11) is 0. The van der Waals surface area contributed by atoms with Crippen LogP contribution in [0, 0.1) is 5.82 Å². The monoisotopic (exact) mass is 355 g/mol. The number of amides is 1. The molecule has 1 aromatic carbocycles. The highest BCUT2D eigenvalue weighted by Gasteiger charge is 2.38. The van der Waals surface area contributed by atoms with Gasteiger partial charge in [0.25, 0.3) is 0 Å². The van der Waals surface area contributed by atoms with Crippen molar-refractivity contribution in [1.82, 2.24) is 19.7 Å². The molecule has 1 aliphatic rings. The van der Waals surface area contributed by atoms with Crippen molar-refractivity contribution in [3.63, 3.8) is 0 Å². The Kier molecular flexibility index (Phi) is 3.85. The van der Waals surface area contributed by atoms with Gasteiger partial charge in [-0.2, -0.15) is 5.10 Å². The first-order valence-electron chi connectivity index (χ1n) is 7.83. The molecule has 0 bridgehead atoms. The Hall–Kier alpha value is -3.33. The maximum Gasteiger partial charge on any atom is 0.417 e. The molecule has 1 saturated heterocycles. The molecule has 0 aliphatic carbocycles. The fourth-order valence-electron chi connectivity index (χ4n) is 2.79. The molecule has 0 spiro atoms. The average Bonchev–Trinajstić information content (AvgIpc) is 3.24. The Morgan fingerprint density at radius 1 is 1.27 bits per heavy atom. The minimum atomic E-state index is -1.24. The number of halogens is 1. The number of aromatic nitrogens is 4. The summed E-state index contributed by atoms with van der Waals surface area (Å²) in [6.45, 7) is 1.62. The number of pyridine rings is 1. The quantitative estimate of drug-likeness (QED) is 0.774. The molecule has 2 aromatic heterocycles. The normalized spacial score (nSPS) is 19.7. The number of ether oxygens (including phenoxy) is 1. The van der Waals surface area contributed by atoms with Crippen LogP contribution in [0.25, 0.3) is 16.9 Å². The van der Waals surface area contributed by atoms with Gasteiger partial charge in [-0.1, -0.05) is 0 Å². The van der Waals surface area contributed by atoms with Crippen LogP contribution in [0.3, 0.4) is 0 Å². The minimum absolute atomic E-state index is 0.312. The Bertz CT molecular complexity index is 946. The summed E-state index contributed by atoms with van der Waals surface area (Å²) in [5, 5.41) is 13.6. The van der Waals surface area contributed by atoms with Gasteiger partial charge in [-0.05, 0) is 37.3 Å². The van der Waals surface area contributed by atoms with Gasteiger partial charge in [-0.25, -0.2) is 23.8 Å². The highest BCUT2D eigenvalue weighted by Crippen LogP contribution is 2.30. The summed E-state index contributed by atoms with van der Waals surface area (Å²) >= 11 is 0. The number of hydrogen-bond donors (Lipinski definition) is 1. The Labute approximate surface area is 147 Å². The number of carbonyl (C=O) groups is 1. The van der Waals surface area contributed by atoms with Gasteiger partial charge in [0.1, 0.15) is 18.5 Å². The number of anilines is 1. The van der Waals surface area contributed by atoms with Gasteiger partial charge in [-0.3, -0.25) is 4.90 Å². The summed E-state index contributed by atoms with van der Waals surface area (Å²) < 4.78 is 20.9. The molecule has 4 rings (SSSR count). The van der Waals surface area contributed by atoms with E-state index in [-0.39, 0.29) is 0 Å². The second-order valence-corrected chi connectivity index (χ2v) is 5.79. The predicted molar refractivity (Wildman–Crippen MR) is 89.0 cm³/mol. The zero-order valence-corrected chi connectivity index (χ0v) is 13.7. The third-order valence-electron chi connectivity index (χ3n) is 4.18. The van der Waals surface area contributed by atoms with E-state index in [9.17, 15) is 14.3 Å². The molecular formula is C17H14FN5O3. The van der Waals surface area contributed by atoms with Gasteiger partial charge in [0.15, 0.2) is 5.82 Å². The van der Waals surface area contributed by atoms with Crippen LogP contribution in [0.2, 0.25) is 0 Å². The summed E-state index contributed by atoms with van der Waals surface area (Å²) in [5.74, 6) is 0.0464. The largest absolute Gasteiger partial charge is 0.417 e. The maximum atomic E-state index is 14.6. The molecule has 0 saturated carbocycles. The Morgan fingerprint density at radius 2 is 2.12 bits per heavy atom.